The molecule has 0 atom stereocenters. The number of nitrogens with one attached hydrogen (secondary N) is 2. The monoisotopic (exact) mass is 339 g/mol. The summed E-state index contributed by atoms with van der Waals surface area (Å²) in [5.74, 6) is -0.0859. The highest BCUT2D eigenvalue weighted by Crippen LogP contribution is 2.15. The van der Waals surface area contributed by atoms with Crippen molar-refractivity contribution in [3.05, 3.63) is 20.8 Å². The van der Waals surface area contributed by atoms with E-state index in [1.807, 2.05) is 6.92 Å². The molecule has 1 heterocycles. The number of hydrogen-bond donors (Lipinski definition) is 3. The summed E-state index contributed by atoms with van der Waals surface area (Å²) in [5.41, 5.74) is 5.06. The van der Waals surface area contributed by atoms with Crippen molar-refractivity contribution in [3.63, 3.8) is 0 Å². The van der Waals surface area contributed by atoms with Gasteiger partial charge in [-0.3, -0.25) is 19.1 Å². The molecule has 1 aromatic rings. The zero-order chi connectivity index (χ0) is 18.1. The molecule has 0 aromatic carbocycles. The maximum absolute atomic E-state index is 12.1. The van der Waals surface area contributed by atoms with Gasteiger partial charge in [0.15, 0.2) is 0 Å². The lowest BCUT2D eigenvalue weighted by Crippen LogP contribution is -2.41. The van der Waals surface area contributed by atoms with Crippen LogP contribution in [0, 0.1) is 0 Å². The van der Waals surface area contributed by atoms with Gasteiger partial charge in [0.25, 0.3) is 5.56 Å². The van der Waals surface area contributed by atoms with Crippen molar-refractivity contribution in [1.82, 2.24) is 14.9 Å². The van der Waals surface area contributed by atoms with Crippen LogP contribution in [-0.2, 0) is 11.3 Å². The molecule has 0 radical (unpaired) electrons. The summed E-state index contributed by atoms with van der Waals surface area (Å²) in [6.07, 6.45) is 4.75. The van der Waals surface area contributed by atoms with Gasteiger partial charge in [-0.15, -0.1) is 0 Å². The van der Waals surface area contributed by atoms with Crippen LogP contribution < -0.4 is 27.2 Å². The first kappa shape index (κ1) is 19.8. The number of anilines is 2. The standard InChI is InChI=1S/C16H29N5O3/c1-4-6-8-9-18-12(22)11-20(3)13-14(17)21(10-7-5-2)16(24)19-15(13)23/h4-11,17H2,1-3H3,(H,18,22)(H,19,23,24). The van der Waals surface area contributed by atoms with E-state index >= 15 is 0 Å². The number of aromatic amines is 1. The van der Waals surface area contributed by atoms with Crippen molar-refractivity contribution in [1.29, 1.82) is 0 Å². The number of nitrogen functional groups attached to an aromatic ring is 1. The lowest BCUT2D eigenvalue weighted by molar-refractivity contribution is -0.119. The number of carbonyl (C=O) groups excluding carboxylic acids is 1. The van der Waals surface area contributed by atoms with Crippen LogP contribution >= 0.6 is 0 Å². The maximum atomic E-state index is 12.1. The summed E-state index contributed by atoms with van der Waals surface area (Å²) >= 11 is 0. The van der Waals surface area contributed by atoms with Crippen molar-refractivity contribution >= 4 is 17.4 Å². The van der Waals surface area contributed by atoms with Gasteiger partial charge in [0.2, 0.25) is 5.91 Å². The van der Waals surface area contributed by atoms with E-state index in [4.69, 9.17) is 5.73 Å². The van der Waals surface area contributed by atoms with Crippen molar-refractivity contribution in [2.45, 2.75) is 52.5 Å². The van der Waals surface area contributed by atoms with E-state index in [1.54, 1.807) is 7.05 Å². The highest BCUT2D eigenvalue weighted by Gasteiger charge is 2.17. The number of likely N-dealkylation sites (N-methyl/N-ethyl adjacent to an activating group) is 1. The summed E-state index contributed by atoms with van der Waals surface area (Å²) in [6, 6.07) is 0. The number of aromatic nitrogens is 2. The number of rotatable bonds is 10. The van der Waals surface area contributed by atoms with E-state index in [1.165, 1.54) is 9.47 Å². The summed E-state index contributed by atoms with van der Waals surface area (Å²) < 4.78 is 1.34. The number of hydrogen-bond acceptors (Lipinski definition) is 5. The van der Waals surface area contributed by atoms with Gasteiger partial charge in [-0.25, -0.2) is 4.79 Å². The quantitative estimate of drug-likeness (QED) is 0.542. The molecule has 8 nitrogen and oxygen atoms in total. The molecular formula is C16H29N5O3. The molecule has 0 bridgehead atoms. The third kappa shape index (κ3) is 5.43. The molecule has 1 rings (SSSR count). The predicted molar refractivity (Wildman–Crippen MR) is 96.4 cm³/mol. The zero-order valence-electron chi connectivity index (χ0n) is 14.9. The number of nitrogens with zero attached hydrogens (tertiary/aromatic N) is 2. The van der Waals surface area contributed by atoms with Crippen molar-refractivity contribution in [2.75, 3.05) is 30.8 Å². The van der Waals surface area contributed by atoms with E-state index < -0.39 is 11.2 Å². The Morgan fingerprint density at radius 1 is 1.21 bits per heavy atom. The van der Waals surface area contributed by atoms with Crippen LogP contribution in [-0.4, -0.2) is 35.6 Å². The number of carbonyl (C=O) groups is 1. The summed E-state index contributed by atoms with van der Waals surface area (Å²) in [7, 11) is 1.61. The second-order valence-electron chi connectivity index (χ2n) is 5.91. The molecule has 24 heavy (non-hydrogen) atoms. The lowest BCUT2D eigenvalue weighted by atomic mass is 10.2. The third-order valence-corrected chi connectivity index (χ3v) is 3.81. The highest BCUT2D eigenvalue weighted by atomic mass is 16.2. The zero-order valence-corrected chi connectivity index (χ0v) is 14.9. The Labute approximate surface area is 142 Å². The third-order valence-electron chi connectivity index (χ3n) is 3.81. The smallest absolute Gasteiger partial charge is 0.330 e. The first-order chi connectivity index (χ1) is 11.4. The number of H-pyrrole nitrogens is 1. The fourth-order valence-corrected chi connectivity index (χ4v) is 2.44. The van der Waals surface area contributed by atoms with E-state index in [0.29, 0.717) is 13.1 Å². The summed E-state index contributed by atoms with van der Waals surface area (Å²) in [6.45, 7) is 5.15. The largest absolute Gasteiger partial charge is 0.383 e. The Kier molecular flexibility index (Phi) is 8.08. The van der Waals surface area contributed by atoms with Crippen molar-refractivity contribution < 1.29 is 4.79 Å². The molecular weight excluding hydrogens is 310 g/mol. The first-order valence-electron chi connectivity index (χ1n) is 8.52. The van der Waals surface area contributed by atoms with Crippen molar-refractivity contribution in [3.8, 4) is 0 Å². The number of unbranched alkanes of at least 4 members (excludes halogenated alkanes) is 3. The van der Waals surface area contributed by atoms with Gasteiger partial charge in [-0.2, -0.15) is 0 Å². The Balaban J connectivity index is 2.86. The van der Waals surface area contributed by atoms with E-state index in [0.717, 1.165) is 32.1 Å². The fraction of sp³-hybridized carbons (Fsp3) is 0.688. The highest BCUT2D eigenvalue weighted by molar-refractivity contribution is 5.82. The van der Waals surface area contributed by atoms with Crippen molar-refractivity contribution in [2.24, 2.45) is 0 Å². The van der Waals surface area contributed by atoms with Gasteiger partial charge in [0, 0.05) is 20.1 Å². The fourth-order valence-electron chi connectivity index (χ4n) is 2.44. The Bertz CT molecular complexity index is 650. The summed E-state index contributed by atoms with van der Waals surface area (Å²) in [5, 5.41) is 2.82. The SMILES string of the molecule is CCCCCNC(=O)CN(C)c1c(N)n(CCCC)c(=O)[nH]c1=O. The Morgan fingerprint density at radius 3 is 2.50 bits per heavy atom. The Morgan fingerprint density at radius 2 is 1.88 bits per heavy atom. The van der Waals surface area contributed by atoms with Crippen LogP contribution in [0.1, 0.15) is 46.0 Å². The topological polar surface area (TPSA) is 113 Å². The number of amides is 1. The average molecular weight is 339 g/mol. The molecule has 0 aliphatic heterocycles. The molecule has 0 unspecified atom stereocenters. The van der Waals surface area contributed by atoms with Crippen LogP contribution in [0.3, 0.4) is 0 Å². The minimum Gasteiger partial charge on any atom is -0.383 e. The van der Waals surface area contributed by atoms with E-state index in [-0.39, 0.29) is 24.0 Å². The van der Waals surface area contributed by atoms with Crippen LogP contribution in [0.2, 0.25) is 0 Å². The molecule has 0 aliphatic rings. The minimum absolute atomic E-state index is 0.00534. The predicted octanol–water partition coefficient (Wildman–Crippen LogP) is 0.662. The number of nitrogens with two attached hydrogens (primary N) is 1. The molecule has 4 N–H and O–H groups in total. The van der Waals surface area contributed by atoms with Gasteiger partial charge in [0.1, 0.15) is 11.5 Å². The molecule has 0 saturated carbocycles. The van der Waals surface area contributed by atoms with Gasteiger partial charge in [-0.1, -0.05) is 33.1 Å². The van der Waals surface area contributed by atoms with Crippen LogP contribution in [0.15, 0.2) is 9.59 Å². The molecule has 1 aromatic heterocycles. The van der Waals surface area contributed by atoms with Gasteiger partial charge >= 0.3 is 5.69 Å². The second kappa shape index (κ2) is 9.79. The van der Waals surface area contributed by atoms with E-state index in [2.05, 4.69) is 17.2 Å². The van der Waals surface area contributed by atoms with E-state index in [9.17, 15) is 14.4 Å². The molecule has 0 spiro atoms. The molecule has 8 heteroatoms. The second-order valence-corrected chi connectivity index (χ2v) is 5.91. The lowest BCUT2D eigenvalue weighted by Gasteiger charge is -2.21. The summed E-state index contributed by atoms with van der Waals surface area (Å²) in [4.78, 5) is 39.7. The Hall–Kier alpha value is -2.25. The van der Waals surface area contributed by atoms with Crippen LogP contribution in [0.25, 0.3) is 0 Å². The van der Waals surface area contributed by atoms with Gasteiger partial charge in [0.05, 0.1) is 6.54 Å². The normalized spacial score (nSPS) is 10.6. The molecule has 0 saturated heterocycles. The van der Waals surface area contributed by atoms with Crippen LogP contribution in [0.4, 0.5) is 11.5 Å². The minimum atomic E-state index is -0.577. The molecule has 0 aliphatic carbocycles. The van der Waals surface area contributed by atoms with Crippen LogP contribution in [0.5, 0.6) is 0 Å². The first-order valence-corrected chi connectivity index (χ1v) is 8.52. The van der Waals surface area contributed by atoms with Gasteiger partial charge < -0.3 is 16.0 Å². The van der Waals surface area contributed by atoms with Gasteiger partial charge in [-0.05, 0) is 12.8 Å². The molecule has 0 fully saturated rings. The maximum Gasteiger partial charge on any atom is 0.330 e. The molecule has 1 amide bonds. The average Bonchev–Trinajstić information content (AvgIpc) is 2.51. The molecule has 136 valence electrons.